The van der Waals surface area contributed by atoms with Crippen molar-refractivity contribution < 1.29 is 4.79 Å². The summed E-state index contributed by atoms with van der Waals surface area (Å²) in [5.41, 5.74) is 1.77. The highest BCUT2D eigenvalue weighted by Crippen LogP contribution is 2.12. The van der Waals surface area contributed by atoms with Crippen LogP contribution in [-0.2, 0) is 13.1 Å². The van der Waals surface area contributed by atoms with Gasteiger partial charge < -0.3 is 10.2 Å². The first-order valence-electron chi connectivity index (χ1n) is 7.43. The van der Waals surface area contributed by atoms with Crippen LogP contribution in [0.5, 0.6) is 0 Å². The van der Waals surface area contributed by atoms with Crippen LogP contribution >= 0.6 is 0 Å². The van der Waals surface area contributed by atoms with Gasteiger partial charge in [0.2, 0.25) is 0 Å². The number of aryl methyl sites for hydroxylation is 1. The summed E-state index contributed by atoms with van der Waals surface area (Å²) in [5, 5.41) is 7.11. The van der Waals surface area contributed by atoms with E-state index in [4.69, 9.17) is 0 Å². The zero-order valence-electron chi connectivity index (χ0n) is 13.6. The summed E-state index contributed by atoms with van der Waals surface area (Å²) in [6, 6.07) is 7.49. The molecule has 0 aliphatic rings. The van der Waals surface area contributed by atoms with Crippen LogP contribution in [0.3, 0.4) is 0 Å². The number of hydrogen-bond acceptors (Lipinski definition) is 4. The second-order valence-corrected chi connectivity index (χ2v) is 5.57. The van der Waals surface area contributed by atoms with E-state index in [2.05, 4.69) is 20.3 Å². The maximum atomic E-state index is 12.4. The van der Waals surface area contributed by atoms with Crippen LogP contribution in [-0.4, -0.2) is 39.7 Å². The monoisotopic (exact) mass is 301 g/mol. The van der Waals surface area contributed by atoms with Gasteiger partial charge in [-0.15, -0.1) is 0 Å². The van der Waals surface area contributed by atoms with Crippen molar-refractivity contribution in [1.29, 1.82) is 0 Å². The fourth-order valence-corrected chi connectivity index (χ4v) is 2.37. The van der Waals surface area contributed by atoms with Crippen LogP contribution in [0.25, 0.3) is 0 Å². The first kappa shape index (κ1) is 16.2. The number of hydrogen-bond donors (Lipinski definition) is 1. The predicted octanol–water partition coefficient (Wildman–Crippen LogP) is 1.85. The van der Waals surface area contributed by atoms with E-state index in [1.807, 2.05) is 52.2 Å². The van der Waals surface area contributed by atoms with E-state index in [0.29, 0.717) is 5.56 Å². The van der Waals surface area contributed by atoms with Gasteiger partial charge in [-0.2, -0.15) is 5.10 Å². The summed E-state index contributed by atoms with van der Waals surface area (Å²) in [6.07, 6.45) is 1.51. The smallest absolute Gasteiger partial charge is 0.251 e. The molecule has 1 heterocycles. The topological polar surface area (TPSA) is 63.1 Å². The van der Waals surface area contributed by atoms with Crippen LogP contribution in [0.4, 0.5) is 0 Å². The Balaban J connectivity index is 2.08. The molecule has 0 fully saturated rings. The van der Waals surface area contributed by atoms with Gasteiger partial charge in [0.25, 0.3) is 5.91 Å². The Morgan fingerprint density at radius 1 is 1.41 bits per heavy atom. The van der Waals surface area contributed by atoms with E-state index in [-0.39, 0.29) is 11.9 Å². The number of rotatable bonds is 6. The van der Waals surface area contributed by atoms with Crippen LogP contribution in [0.15, 0.2) is 30.6 Å². The molecule has 2 rings (SSSR count). The molecule has 0 saturated heterocycles. The molecular formula is C16H23N5O. The van der Waals surface area contributed by atoms with Gasteiger partial charge in [-0.3, -0.25) is 4.79 Å². The highest BCUT2D eigenvalue weighted by Gasteiger charge is 2.16. The summed E-state index contributed by atoms with van der Waals surface area (Å²) in [7, 11) is 4.01. The second kappa shape index (κ2) is 7.17. The number of amides is 1. The minimum atomic E-state index is -0.188. The average molecular weight is 301 g/mol. The Labute approximate surface area is 131 Å². The molecule has 0 aliphatic heterocycles. The van der Waals surface area contributed by atoms with Gasteiger partial charge in [0.1, 0.15) is 12.2 Å². The van der Waals surface area contributed by atoms with Crippen molar-refractivity contribution in [2.75, 3.05) is 14.1 Å². The fourth-order valence-electron chi connectivity index (χ4n) is 2.37. The summed E-state index contributed by atoms with van der Waals surface area (Å²) in [5.74, 6) is 0.666. The molecule has 2 aromatic rings. The zero-order valence-corrected chi connectivity index (χ0v) is 13.6. The van der Waals surface area contributed by atoms with Gasteiger partial charge in [0.05, 0.1) is 6.04 Å². The lowest BCUT2D eigenvalue weighted by Crippen LogP contribution is -2.29. The van der Waals surface area contributed by atoms with Gasteiger partial charge in [0, 0.05) is 18.7 Å². The Morgan fingerprint density at radius 2 is 2.18 bits per heavy atom. The molecule has 0 spiro atoms. The maximum Gasteiger partial charge on any atom is 0.251 e. The third kappa shape index (κ3) is 3.92. The molecule has 6 nitrogen and oxygen atoms in total. The lowest BCUT2D eigenvalue weighted by atomic mass is 10.1. The molecule has 22 heavy (non-hydrogen) atoms. The summed E-state index contributed by atoms with van der Waals surface area (Å²) in [4.78, 5) is 18.7. The Kier molecular flexibility index (Phi) is 5.27. The third-order valence-electron chi connectivity index (χ3n) is 3.37. The molecule has 1 N–H and O–H groups in total. The van der Waals surface area contributed by atoms with E-state index in [1.54, 1.807) is 4.68 Å². The van der Waals surface area contributed by atoms with E-state index in [1.165, 1.54) is 6.33 Å². The Hall–Kier alpha value is -2.21. The SMILES string of the molecule is CCn1ncnc1[C@H](C)NC(=O)c1cccc(CN(C)C)c1. The summed E-state index contributed by atoms with van der Waals surface area (Å²) >= 11 is 0. The van der Waals surface area contributed by atoms with Gasteiger partial charge in [-0.1, -0.05) is 12.1 Å². The van der Waals surface area contributed by atoms with Crippen molar-refractivity contribution in [2.45, 2.75) is 33.0 Å². The highest BCUT2D eigenvalue weighted by molar-refractivity contribution is 5.94. The lowest BCUT2D eigenvalue weighted by Gasteiger charge is -2.15. The van der Waals surface area contributed by atoms with Crippen molar-refractivity contribution in [1.82, 2.24) is 25.0 Å². The second-order valence-electron chi connectivity index (χ2n) is 5.57. The first-order chi connectivity index (χ1) is 10.5. The maximum absolute atomic E-state index is 12.4. The van der Waals surface area contributed by atoms with Crippen LogP contribution in [0.2, 0.25) is 0 Å². The highest BCUT2D eigenvalue weighted by atomic mass is 16.1. The Bertz CT molecular complexity index is 635. The van der Waals surface area contributed by atoms with Crippen molar-refractivity contribution in [2.24, 2.45) is 0 Å². The van der Waals surface area contributed by atoms with E-state index >= 15 is 0 Å². The number of benzene rings is 1. The van der Waals surface area contributed by atoms with Crippen molar-refractivity contribution in [3.05, 3.63) is 47.5 Å². The Morgan fingerprint density at radius 3 is 2.86 bits per heavy atom. The first-order valence-corrected chi connectivity index (χ1v) is 7.43. The minimum Gasteiger partial charge on any atom is -0.342 e. The molecular weight excluding hydrogens is 278 g/mol. The van der Waals surface area contributed by atoms with Gasteiger partial charge >= 0.3 is 0 Å². The van der Waals surface area contributed by atoms with Crippen molar-refractivity contribution >= 4 is 5.91 Å². The molecule has 0 bridgehead atoms. The molecule has 0 radical (unpaired) electrons. The van der Waals surface area contributed by atoms with Crippen LogP contribution < -0.4 is 5.32 Å². The van der Waals surface area contributed by atoms with Gasteiger partial charge in [-0.25, -0.2) is 9.67 Å². The van der Waals surface area contributed by atoms with Crippen LogP contribution in [0.1, 0.15) is 41.6 Å². The normalized spacial score (nSPS) is 12.4. The minimum absolute atomic E-state index is 0.0984. The quantitative estimate of drug-likeness (QED) is 0.884. The molecule has 118 valence electrons. The number of carbonyl (C=O) groups excluding carboxylic acids is 1. The zero-order chi connectivity index (χ0) is 16.1. The fraction of sp³-hybridized carbons (Fsp3) is 0.438. The van der Waals surface area contributed by atoms with Gasteiger partial charge in [-0.05, 0) is 45.6 Å². The molecule has 1 aromatic carbocycles. The molecule has 0 unspecified atom stereocenters. The molecule has 1 amide bonds. The van der Waals surface area contributed by atoms with Crippen molar-refractivity contribution in [3.63, 3.8) is 0 Å². The molecule has 0 aliphatic carbocycles. The molecule has 1 atom stereocenters. The van der Waals surface area contributed by atoms with Crippen molar-refractivity contribution in [3.8, 4) is 0 Å². The molecule has 1 aromatic heterocycles. The molecule has 0 saturated carbocycles. The third-order valence-corrected chi connectivity index (χ3v) is 3.37. The van der Waals surface area contributed by atoms with Crippen LogP contribution in [0, 0.1) is 0 Å². The predicted molar refractivity (Wildman–Crippen MR) is 85.4 cm³/mol. The number of carbonyl (C=O) groups is 1. The standard InChI is InChI=1S/C16H23N5O/c1-5-21-15(17-11-18-21)12(2)19-16(22)14-8-6-7-13(9-14)10-20(3)4/h6-9,11-12H,5,10H2,1-4H3,(H,19,22)/t12-/m0/s1. The lowest BCUT2D eigenvalue weighted by molar-refractivity contribution is 0.0937. The number of aromatic nitrogens is 3. The largest absolute Gasteiger partial charge is 0.342 e. The van der Waals surface area contributed by atoms with E-state index < -0.39 is 0 Å². The number of nitrogens with one attached hydrogen (secondary N) is 1. The van der Waals surface area contributed by atoms with E-state index in [0.717, 1.165) is 24.5 Å². The average Bonchev–Trinajstić information content (AvgIpc) is 2.95. The van der Waals surface area contributed by atoms with Gasteiger partial charge in [0.15, 0.2) is 0 Å². The van der Waals surface area contributed by atoms with E-state index in [9.17, 15) is 4.79 Å². The summed E-state index contributed by atoms with van der Waals surface area (Å²) in [6.45, 7) is 5.45. The number of nitrogens with zero attached hydrogens (tertiary/aromatic N) is 4. The molecule has 6 heteroatoms. The summed E-state index contributed by atoms with van der Waals surface area (Å²) < 4.78 is 1.79.